The van der Waals surface area contributed by atoms with E-state index >= 15 is 0 Å². The zero-order chi connectivity index (χ0) is 16.4. The molecule has 8 heteroatoms. The van der Waals surface area contributed by atoms with E-state index in [-0.39, 0.29) is 5.91 Å². The first-order valence-electron chi connectivity index (χ1n) is 7.60. The average molecular weight is 340 g/mol. The molecule has 2 aliphatic heterocycles. The minimum absolute atomic E-state index is 0.150. The van der Waals surface area contributed by atoms with Crippen molar-refractivity contribution in [2.24, 2.45) is 0 Å². The summed E-state index contributed by atoms with van der Waals surface area (Å²) in [5, 5.41) is 0. The summed E-state index contributed by atoms with van der Waals surface area (Å²) in [5.74, 6) is 0.908. The fourth-order valence-electron chi connectivity index (χ4n) is 2.84. The first-order chi connectivity index (χ1) is 11.0. The van der Waals surface area contributed by atoms with Crippen molar-refractivity contribution in [3.05, 3.63) is 23.8 Å². The number of nitrogens with zero attached hydrogens (tertiary/aromatic N) is 2. The van der Waals surface area contributed by atoms with Gasteiger partial charge >= 0.3 is 0 Å². The van der Waals surface area contributed by atoms with Crippen molar-refractivity contribution in [2.45, 2.75) is 6.42 Å². The van der Waals surface area contributed by atoms with Crippen molar-refractivity contribution in [1.29, 1.82) is 0 Å². The Hall–Kier alpha value is -1.80. The van der Waals surface area contributed by atoms with Gasteiger partial charge in [-0.1, -0.05) is 6.07 Å². The molecule has 0 saturated carbocycles. The molecule has 0 spiro atoms. The van der Waals surface area contributed by atoms with Gasteiger partial charge in [-0.3, -0.25) is 4.79 Å². The van der Waals surface area contributed by atoms with E-state index in [1.54, 1.807) is 23.1 Å². The summed E-state index contributed by atoms with van der Waals surface area (Å²) in [6.45, 7) is 2.54. The standard InChI is InChI=1S/C15H20N2O5S/c1-23(19,20)17-7-3-6-16(8-9-17)15(18)12-4-2-5-13-14(12)22-11-10-21-13/h2,4-5H,3,6-11H2,1H3. The van der Waals surface area contributed by atoms with Gasteiger partial charge in [-0.2, -0.15) is 0 Å². The molecule has 0 N–H and O–H groups in total. The van der Waals surface area contributed by atoms with E-state index in [1.807, 2.05) is 0 Å². The lowest BCUT2D eigenvalue weighted by atomic mass is 10.1. The SMILES string of the molecule is CS(=O)(=O)N1CCCN(C(=O)c2cccc3c2OCCO3)CC1. The first kappa shape index (κ1) is 16.1. The van der Waals surface area contributed by atoms with Crippen LogP contribution in [-0.4, -0.2) is 69.2 Å². The molecule has 2 aliphatic rings. The number of benzene rings is 1. The zero-order valence-electron chi connectivity index (χ0n) is 13.0. The maximum absolute atomic E-state index is 12.8. The van der Waals surface area contributed by atoms with Crippen LogP contribution in [-0.2, 0) is 10.0 Å². The van der Waals surface area contributed by atoms with Gasteiger partial charge in [0.05, 0.1) is 11.8 Å². The van der Waals surface area contributed by atoms with Gasteiger partial charge in [-0.25, -0.2) is 12.7 Å². The smallest absolute Gasteiger partial charge is 0.257 e. The van der Waals surface area contributed by atoms with Crippen LogP contribution in [0.2, 0.25) is 0 Å². The largest absolute Gasteiger partial charge is 0.486 e. The zero-order valence-corrected chi connectivity index (χ0v) is 13.8. The molecule has 1 aromatic rings. The number of sulfonamides is 1. The van der Waals surface area contributed by atoms with Crippen LogP contribution in [0.15, 0.2) is 18.2 Å². The average Bonchev–Trinajstić information content (AvgIpc) is 2.79. The molecule has 0 atom stereocenters. The predicted octanol–water partition coefficient (Wildman–Crippen LogP) is 0.565. The predicted molar refractivity (Wildman–Crippen MR) is 84.4 cm³/mol. The molecule has 2 heterocycles. The van der Waals surface area contributed by atoms with E-state index in [1.165, 1.54) is 10.6 Å². The highest BCUT2D eigenvalue weighted by Crippen LogP contribution is 2.34. The van der Waals surface area contributed by atoms with E-state index in [0.29, 0.717) is 62.9 Å². The molecular formula is C15H20N2O5S. The monoisotopic (exact) mass is 340 g/mol. The Kier molecular flexibility index (Phi) is 4.45. The summed E-state index contributed by atoms with van der Waals surface area (Å²) >= 11 is 0. The van der Waals surface area contributed by atoms with Crippen LogP contribution in [0.1, 0.15) is 16.8 Å². The van der Waals surface area contributed by atoms with Gasteiger partial charge in [0, 0.05) is 26.2 Å². The van der Waals surface area contributed by atoms with Gasteiger partial charge in [-0.05, 0) is 18.6 Å². The number of carbonyl (C=O) groups excluding carboxylic acids is 1. The number of fused-ring (bicyclic) bond motifs is 1. The summed E-state index contributed by atoms with van der Waals surface area (Å²) in [6, 6.07) is 5.26. The lowest BCUT2D eigenvalue weighted by Gasteiger charge is -2.25. The van der Waals surface area contributed by atoms with Crippen molar-refractivity contribution >= 4 is 15.9 Å². The molecule has 1 fully saturated rings. The van der Waals surface area contributed by atoms with Crippen molar-refractivity contribution in [1.82, 2.24) is 9.21 Å². The van der Waals surface area contributed by atoms with Gasteiger partial charge in [0.25, 0.3) is 5.91 Å². The molecule has 1 amide bonds. The van der Waals surface area contributed by atoms with E-state index in [0.717, 1.165) is 0 Å². The third-order valence-electron chi connectivity index (χ3n) is 4.01. The van der Waals surface area contributed by atoms with E-state index in [4.69, 9.17) is 9.47 Å². The fourth-order valence-corrected chi connectivity index (χ4v) is 3.72. The van der Waals surface area contributed by atoms with Crippen molar-refractivity contribution in [3.63, 3.8) is 0 Å². The van der Waals surface area contributed by atoms with Gasteiger partial charge in [0.1, 0.15) is 13.2 Å². The normalized spacial score (nSPS) is 19.3. The molecule has 1 aromatic carbocycles. The van der Waals surface area contributed by atoms with Crippen LogP contribution < -0.4 is 9.47 Å². The first-order valence-corrected chi connectivity index (χ1v) is 9.44. The molecular weight excluding hydrogens is 320 g/mol. The number of hydrogen-bond acceptors (Lipinski definition) is 5. The third-order valence-corrected chi connectivity index (χ3v) is 5.31. The number of rotatable bonds is 2. The van der Waals surface area contributed by atoms with Crippen LogP contribution in [0.25, 0.3) is 0 Å². The number of hydrogen-bond donors (Lipinski definition) is 0. The second-order valence-corrected chi connectivity index (χ2v) is 7.62. The second-order valence-electron chi connectivity index (χ2n) is 5.64. The summed E-state index contributed by atoms with van der Waals surface area (Å²) in [7, 11) is -3.23. The topological polar surface area (TPSA) is 76.2 Å². The minimum Gasteiger partial charge on any atom is -0.486 e. The van der Waals surface area contributed by atoms with Crippen LogP contribution in [0.4, 0.5) is 0 Å². The van der Waals surface area contributed by atoms with E-state index in [9.17, 15) is 13.2 Å². The van der Waals surface area contributed by atoms with Gasteiger partial charge in [-0.15, -0.1) is 0 Å². The van der Waals surface area contributed by atoms with Crippen LogP contribution in [0.3, 0.4) is 0 Å². The molecule has 126 valence electrons. The van der Waals surface area contributed by atoms with Crippen molar-refractivity contribution in [2.75, 3.05) is 45.6 Å². The molecule has 0 aromatic heterocycles. The van der Waals surface area contributed by atoms with E-state index < -0.39 is 10.0 Å². The van der Waals surface area contributed by atoms with Crippen molar-refractivity contribution < 1.29 is 22.7 Å². The van der Waals surface area contributed by atoms with Gasteiger partial charge in [0.2, 0.25) is 10.0 Å². The molecule has 7 nitrogen and oxygen atoms in total. The summed E-state index contributed by atoms with van der Waals surface area (Å²) in [6.07, 6.45) is 1.81. The lowest BCUT2D eigenvalue weighted by molar-refractivity contribution is 0.0753. The summed E-state index contributed by atoms with van der Waals surface area (Å²) in [4.78, 5) is 14.5. The molecule has 0 aliphatic carbocycles. The highest BCUT2D eigenvalue weighted by atomic mass is 32.2. The molecule has 0 radical (unpaired) electrons. The quantitative estimate of drug-likeness (QED) is 0.786. The van der Waals surface area contributed by atoms with Crippen LogP contribution in [0, 0.1) is 0 Å². The van der Waals surface area contributed by atoms with E-state index in [2.05, 4.69) is 0 Å². The fraction of sp³-hybridized carbons (Fsp3) is 0.533. The van der Waals surface area contributed by atoms with Crippen LogP contribution >= 0.6 is 0 Å². The minimum atomic E-state index is -3.23. The number of para-hydroxylation sites is 1. The number of amides is 1. The highest BCUT2D eigenvalue weighted by Gasteiger charge is 2.27. The van der Waals surface area contributed by atoms with Crippen molar-refractivity contribution in [3.8, 4) is 11.5 Å². The molecule has 0 unspecified atom stereocenters. The van der Waals surface area contributed by atoms with Crippen LogP contribution in [0.5, 0.6) is 11.5 Å². The third kappa shape index (κ3) is 3.42. The summed E-state index contributed by atoms with van der Waals surface area (Å²) in [5.41, 5.74) is 0.468. The Labute approximate surface area is 135 Å². The number of ether oxygens (including phenoxy) is 2. The molecule has 23 heavy (non-hydrogen) atoms. The Balaban J connectivity index is 1.79. The molecule has 3 rings (SSSR count). The Morgan fingerprint density at radius 1 is 1.09 bits per heavy atom. The Bertz CT molecular complexity index is 704. The van der Waals surface area contributed by atoms with Gasteiger partial charge in [0.15, 0.2) is 11.5 Å². The second kappa shape index (κ2) is 6.37. The molecule has 1 saturated heterocycles. The Morgan fingerprint density at radius 3 is 2.65 bits per heavy atom. The highest BCUT2D eigenvalue weighted by molar-refractivity contribution is 7.88. The maximum atomic E-state index is 12.8. The number of carbonyl (C=O) groups is 1. The molecule has 0 bridgehead atoms. The van der Waals surface area contributed by atoms with Gasteiger partial charge < -0.3 is 14.4 Å². The maximum Gasteiger partial charge on any atom is 0.257 e. The summed E-state index contributed by atoms with van der Waals surface area (Å²) < 4.78 is 35.8. The Morgan fingerprint density at radius 2 is 1.87 bits per heavy atom. The lowest BCUT2D eigenvalue weighted by Crippen LogP contribution is -2.37.